The molecule has 2 aliphatic rings. The van der Waals surface area contributed by atoms with Gasteiger partial charge in [-0.1, -0.05) is 97.1 Å². The molecule has 50 heavy (non-hydrogen) atoms. The van der Waals surface area contributed by atoms with Gasteiger partial charge in [-0.3, -0.25) is 9.80 Å². The molecule has 5 aromatic rings. The van der Waals surface area contributed by atoms with Crippen molar-refractivity contribution in [1.82, 2.24) is 20.0 Å². The molecule has 2 aliphatic heterocycles. The number of para-hydroxylation sites is 1. The Morgan fingerprint density at radius 2 is 1.14 bits per heavy atom. The third-order valence-electron chi connectivity index (χ3n) is 9.80. The average molecular weight is 666 g/mol. The summed E-state index contributed by atoms with van der Waals surface area (Å²) in [7, 11) is 0. The predicted molar refractivity (Wildman–Crippen MR) is 202 cm³/mol. The summed E-state index contributed by atoms with van der Waals surface area (Å²) in [6.07, 6.45) is 1.87. The first-order valence-corrected chi connectivity index (χ1v) is 17.9. The Balaban J connectivity index is 1.01. The molecule has 2 saturated heterocycles. The molecule has 0 radical (unpaired) electrons. The Morgan fingerprint density at radius 3 is 1.76 bits per heavy atom. The van der Waals surface area contributed by atoms with E-state index < -0.39 is 0 Å². The number of rotatable bonds is 11. The Bertz CT molecular complexity index is 1770. The number of benzene rings is 5. The molecule has 2 amide bonds. The summed E-state index contributed by atoms with van der Waals surface area (Å²) in [6, 6.07) is 45.7. The van der Waals surface area contributed by atoms with Crippen LogP contribution in [0.5, 0.6) is 11.5 Å². The van der Waals surface area contributed by atoms with Crippen molar-refractivity contribution in [2.45, 2.75) is 38.5 Å². The molecular weight excluding hydrogens is 619 g/mol. The standard InChI is InChI=1S/C43H47N5O2/c49-43(45-39-19-21-42(22-20-39)50-41-9-5-2-6-10-41)48(40-23-27-46(28-24-40)31-34-7-3-1-4-8-34)33-36-13-17-38(18-14-36)37-15-11-35(12-16-37)32-47-29-25-44-26-30-47/h1-22,40,44H,23-33H2,(H,45,49). The van der Waals surface area contributed by atoms with Gasteiger partial charge in [-0.15, -0.1) is 0 Å². The Kier molecular flexibility index (Phi) is 11.2. The first-order chi connectivity index (χ1) is 24.6. The number of piperidine rings is 1. The van der Waals surface area contributed by atoms with E-state index in [2.05, 4.69) is 99.3 Å². The second-order valence-electron chi connectivity index (χ2n) is 13.4. The SMILES string of the molecule is O=C(Nc1ccc(Oc2ccccc2)cc1)N(Cc1ccc(-c2ccc(CN3CCNCC3)cc2)cc1)C1CCN(Cc2ccccc2)CC1. The second kappa shape index (κ2) is 16.6. The number of amides is 2. The molecule has 0 saturated carbocycles. The highest BCUT2D eigenvalue weighted by molar-refractivity contribution is 5.89. The van der Waals surface area contributed by atoms with Gasteiger partial charge in [0.25, 0.3) is 0 Å². The number of carbonyl (C=O) groups excluding carboxylic acids is 1. The summed E-state index contributed by atoms with van der Waals surface area (Å²) in [4.78, 5) is 21.0. The highest BCUT2D eigenvalue weighted by Gasteiger charge is 2.28. The van der Waals surface area contributed by atoms with Crippen LogP contribution in [-0.2, 0) is 19.6 Å². The lowest BCUT2D eigenvalue weighted by Crippen LogP contribution is -2.48. The summed E-state index contributed by atoms with van der Waals surface area (Å²) in [5, 5.41) is 6.61. The van der Waals surface area contributed by atoms with Gasteiger partial charge in [0.05, 0.1) is 0 Å². The zero-order chi connectivity index (χ0) is 34.0. The molecule has 2 heterocycles. The van der Waals surface area contributed by atoms with Crippen LogP contribution in [0.15, 0.2) is 133 Å². The number of piperazine rings is 1. The van der Waals surface area contributed by atoms with E-state index in [0.29, 0.717) is 6.54 Å². The van der Waals surface area contributed by atoms with E-state index >= 15 is 0 Å². The summed E-state index contributed by atoms with van der Waals surface area (Å²) >= 11 is 0. The zero-order valence-electron chi connectivity index (χ0n) is 28.7. The smallest absolute Gasteiger partial charge is 0.322 e. The van der Waals surface area contributed by atoms with Crippen molar-refractivity contribution in [2.75, 3.05) is 44.6 Å². The summed E-state index contributed by atoms with van der Waals surface area (Å²) in [6.45, 7) is 8.72. The lowest BCUT2D eigenvalue weighted by Gasteiger charge is -2.38. The molecule has 0 spiro atoms. The fraction of sp³-hybridized carbons (Fsp3) is 0.279. The first kappa shape index (κ1) is 33.5. The first-order valence-electron chi connectivity index (χ1n) is 17.9. The minimum atomic E-state index is -0.0765. The molecule has 5 aromatic carbocycles. The van der Waals surface area contributed by atoms with E-state index in [4.69, 9.17) is 4.74 Å². The predicted octanol–water partition coefficient (Wildman–Crippen LogP) is 8.25. The molecule has 256 valence electrons. The maximum Gasteiger partial charge on any atom is 0.322 e. The van der Waals surface area contributed by atoms with Crippen molar-refractivity contribution in [3.8, 4) is 22.6 Å². The van der Waals surface area contributed by atoms with Gasteiger partial charge >= 0.3 is 6.03 Å². The number of hydrogen-bond acceptors (Lipinski definition) is 5. The normalized spacial score (nSPS) is 15.8. The van der Waals surface area contributed by atoms with Crippen LogP contribution in [0.1, 0.15) is 29.5 Å². The van der Waals surface area contributed by atoms with Gasteiger partial charge in [0.1, 0.15) is 11.5 Å². The van der Waals surface area contributed by atoms with E-state index in [0.717, 1.165) is 87.9 Å². The third kappa shape index (κ3) is 9.18. The van der Waals surface area contributed by atoms with Crippen LogP contribution >= 0.6 is 0 Å². The van der Waals surface area contributed by atoms with Gasteiger partial charge in [0.2, 0.25) is 0 Å². The molecule has 7 nitrogen and oxygen atoms in total. The number of hydrogen-bond donors (Lipinski definition) is 2. The van der Waals surface area contributed by atoms with Gasteiger partial charge in [0, 0.05) is 70.6 Å². The average Bonchev–Trinajstić information content (AvgIpc) is 3.17. The number of urea groups is 1. The number of carbonyl (C=O) groups is 1. The largest absolute Gasteiger partial charge is 0.457 e. The Labute approximate surface area is 296 Å². The van der Waals surface area contributed by atoms with Gasteiger partial charge in [-0.25, -0.2) is 4.79 Å². The maximum atomic E-state index is 14.0. The summed E-state index contributed by atoms with van der Waals surface area (Å²) < 4.78 is 5.96. The van der Waals surface area contributed by atoms with Crippen LogP contribution in [-0.4, -0.2) is 66.0 Å². The topological polar surface area (TPSA) is 60.1 Å². The van der Waals surface area contributed by atoms with Gasteiger partial charge in [-0.05, 0) is 77.1 Å². The number of ether oxygens (including phenoxy) is 1. The van der Waals surface area contributed by atoms with Crippen LogP contribution in [0.4, 0.5) is 10.5 Å². The van der Waals surface area contributed by atoms with E-state index in [1.54, 1.807) is 0 Å². The van der Waals surface area contributed by atoms with Crippen molar-refractivity contribution < 1.29 is 9.53 Å². The van der Waals surface area contributed by atoms with Crippen LogP contribution in [0.25, 0.3) is 11.1 Å². The minimum Gasteiger partial charge on any atom is -0.457 e. The van der Waals surface area contributed by atoms with Crippen LogP contribution in [0, 0.1) is 0 Å². The number of nitrogens with zero attached hydrogens (tertiary/aromatic N) is 3. The van der Waals surface area contributed by atoms with Crippen molar-refractivity contribution in [3.05, 3.63) is 150 Å². The number of anilines is 1. The molecule has 0 aliphatic carbocycles. The van der Waals surface area contributed by atoms with E-state index in [9.17, 15) is 4.79 Å². The van der Waals surface area contributed by atoms with Gasteiger partial charge in [0.15, 0.2) is 0 Å². The van der Waals surface area contributed by atoms with Gasteiger partial charge in [-0.2, -0.15) is 0 Å². The lowest BCUT2D eigenvalue weighted by molar-refractivity contribution is 0.120. The molecular formula is C43H47N5O2. The Morgan fingerprint density at radius 1 is 0.620 bits per heavy atom. The van der Waals surface area contributed by atoms with E-state index in [1.165, 1.54) is 22.3 Å². The lowest BCUT2D eigenvalue weighted by atomic mass is 10.00. The molecule has 0 atom stereocenters. The molecule has 0 aromatic heterocycles. The monoisotopic (exact) mass is 665 g/mol. The van der Waals surface area contributed by atoms with Crippen molar-refractivity contribution in [1.29, 1.82) is 0 Å². The highest BCUT2D eigenvalue weighted by atomic mass is 16.5. The Hall–Kier alpha value is -4.95. The number of nitrogens with one attached hydrogen (secondary N) is 2. The summed E-state index contributed by atoms with van der Waals surface area (Å²) in [5.41, 5.74) is 6.94. The van der Waals surface area contributed by atoms with E-state index in [-0.39, 0.29) is 12.1 Å². The van der Waals surface area contributed by atoms with Crippen LogP contribution in [0.3, 0.4) is 0 Å². The van der Waals surface area contributed by atoms with Crippen molar-refractivity contribution in [3.63, 3.8) is 0 Å². The minimum absolute atomic E-state index is 0.0765. The highest BCUT2D eigenvalue weighted by Crippen LogP contribution is 2.26. The molecule has 2 fully saturated rings. The number of likely N-dealkylation sites (tertiary alicyclic amines) is 1. The zero-order valence-corrected chi connectivity index (χ0v) is 28.7. The molecule has 7 rings (SSSR count). The van der Waals surface area contributed by atoms with Crippen LogP contribution < -0.4 is 15.4 Å². The molecule has 7 heteroatoms. The quantitative estimate of drug-likeness (QED) is 0.149. The van der Waals surface area contributed by atoms with Gasteiger partial charge < -0.3 is 20.3 Å². The molecule has 0 unspecified atom stereocenters. The molecule has 0 bridgehead atoms. The van der Waals surface area contributed by atoms with Crippen LogP contribution in [0.2, 0.25) is 0 Å². The molecule has 2 N–H and O–H groups in total. The third-order valence-corrected chi connectivity index (χ3v) is 9.80. The van der Waals surface area contributed by atoms with E-state index in [1.807, 2.05) is 59.5 Å². The van der Waals surface area contributed by atoms with Crippen molar-refractivity contribution >= 4 is 11.7 Å². The summed E-state index contributed by atoms with van der Waals surface area (Å²) in [5.74, 6) is 1.51. The van der Waals surface area contributed by atoms with Crippen molar-refractivity contribution in [2.24, 2.45) is 0 Å². The fourth-order valence-corrected chi connectivity index (χ4v) is 6.95. The fourth-order valence-electron chi connectivity index (χ4n) is 6.95. The second-order valence-corrected chi connectivity index (χ2v) is 13.4. The maximum absolute atomic E-state index is 14.0.